The largest absolute Gasteiger partial charge is 0.493 e. The van der Waals surface area contributed by atoms with E-state index in [2.05, 4.69) is 5.32 Å². The number of methoxy groups -OCH3 is 3. The molecule has 4 N–H and O–H groups in total. The van der Waals surface area contributed by atoms with E-state index in [1.54, 1.807) is 12.1 Å². The SMILES string of the molecule is COc1cc2c(C(=O)NC(=N)N)cc(-c3ccccc3)nc2c(OC)c1OC. The summed E-state index contributed by atoms with van der Waals surface area (Å²) in [5.41, 5.74) is 7.43. The molecular weight excluding hydrogens is 360 g/mol. The zero-order chi connectivity index (χ0) is 20.3. The molecule has 8 nitrogen and oxygen atoms in total. The summed E-state index contributed by atoms with van der Waals surface area (Å²) in [6, 6.07) is 12.7. The number of carbonyl (C=O) groups excluding carboxylic acids is 1. The molecule has 8 heteroatoms. The zero-order valence-electron chi connectivity index (χ0n) is 15.7. The van der Waals surface area contributed by atoms with Gasteiger partial charge in [-0.2, -0.15) is 0 Å². The Morgan fingerprint density at radius 3 is 2.29 bits per heavy atom. The third-order valence-electron chi connectivity index (χ3n) is 4.17. The fourth-order valence-corrected chi connectivity index (χ4v) is 2.96. The predicted molar refractivity (Wildman–Crippen MR) is 106 cm³/mol. The van der Waals surface area contributed by atoms with Crippen molar-refractivity contribution >= 4 is 22.8 Å². The Balaban J connectivity index is 2.40. The first-order valence-electron chi connectivity index (χ1n) is 8.34. The van der Waals surface area contributed by atoms with Crippen LogP contribution in [0.5, 0.6) is 17.2 Å². The highest BCUT2D eigenvalue weighted by Gasteiger charge is 2.23. The van der Waals surface area contributed by atoms with Gasteiger partial charge < -0.3 is 19.9 Å². The second kappa shape index (κ2) is 7.83. The zero-order valence-corrected chi connectivity index (χ0v) is 15.7. The smallest absolute Gasteiger partial charge is 0.258 e. The molecule has 0 spiro atoms. The third kappa shape index (κ3) is 3.39. The topological polar surface area (TPSA) is 120 Å². The number of hydrogen-bond donors (Lipinski definition) is 3. The lowest BCUT2D eigenvalue weighted by atomic mass is 10.0. The molecule has 144 valence electrons. The van der Waals surface area contributed by atoms with Gasteiger partial charge in [-0.05, 0) is 12.1 Å². The minimum atomic E-state index is -0.536. The van der Waals surface area contributed by atoms with Gasteiger partial charge in [-0.15, -0.1) is 0 Å². The molecule has 1 amide bonds. The first-order chi connectivity index (χ1) is 13.5. The molecule has 0 aliphatic rings. The van der Waals surface area contributed by atoms with Gasteiger partial charge in [0.05, 0.1) is 32.6 Å². The highest BCUT2D eigenvalue weighted by Crippen LogP contribution is 2.44. The minimum absolute atomic E-state index is 0.276. The molecule has 0 aliphatic heterocycles. The molecule has 0 atom stereocenters. The molecular formula is C20H20N4O4. The predicted octanol–water partition coefficient (Wildman–Crippen LogP) is 2.55. The van der Waals surface area contributed by atoms with Crippen LogP contribution in [0.2, 0.25) is 0 Å². The lowest BCUT2D eigenvalue weighted by Gasteiger charge is -2.17. The van der Waals surface area contributed by atoms with Gasteiger partial charge in [-0.3, -0.25) is 15.5 Å². The molecule has 0 aliphatic carbocycles. The molecule has 3 aromatic rings. The van der Waals surface area contributed by atoms with Crippen molar-refractivity contribution in [3.63, 3.8) is 0 Å². The molecule has 1 heterocycles. The van der Waals surface area contributed by atoms with Gasteiger partial charge in [0.25, 0.3) is 5.91 Å². The molecule has 0 unspecified atom stereocenters. The van der Waals surface area contributed by atoms with E-state index in [-0.39, 0.29) is 5.56 Å². The molecule has 0 bridgehead atoms. The van der Waals surface area contributed by atoms with E-state index in [1.807, 2.05) is 30.3 Å². The summed E-state index contributed by atoms with van der Waals surface area (Å²) < 4.78 is 16.4. The molecule has 0 saturated carbocycles. The van der Waals surface area contributed by atoms with E-state index in [9.17, 15) is 4.79 Å². The maximum Gasteiger partial charge on any atom is 0.258 e. The van der Waals surface area contributed by atoms with Gasteiger partial charge >= 0.3 is 0 Å². The standard InChI is InChI=1S/C20H20N4O4/c1-26-15-10-12-13(19(25)24-20(21)22)9-14(11-7-5-4-6-8-11)23-16(12)18(28-3)17(15)27-2/h4-10H,1-3H3,(H4,21,22,24,25). The first-order valence-corrected chi connectivity index (χ1v) is 8.34. The van der Waals surface area contributed by atoms with Crippen molar-refractivity contribution in [1.29, 1.82) is 5.41 Å². The van der Waals surface area contributed by atoms with Crippen molar-refractivity contribution in [1.82, 2.24) is 10.3 Å². The highest BCUT2D eigenvalue weighted by molar-refractivity contribution is 6.13. The summed E-state index contributed by atoms with van der Waals surface area (Å²) in [6.45, 7) is 0. The number of benzene rings is 2. The molecule has 28 heavy (non-hydrogen) atoms. The van der Waals surface area contributed by atoms with Crippen molar-refractivity contribution in [2.45, 2.75) is 0 Å². The Labute approximate surface area is 161 Å². The second-order valence-electron chi connectivity index (χ2n) is 5.83. The molecule has 1 aromatic heterocycles. The number of pyridine rings is 1. The maximum atomic E-state index is 12.7. The van der Waals surface area contributed by atoms with Crippen LogP contribution in [0.1, 0.15) is 10.4 Å². The van der Waals surface area contributed by atoms with Gasteiger partial charge in [0.1, 0.15) is 5.52 Å². The van der Waals surface area contributed by atoms with E-state index in [0.717, 1.165) is 5.56 Å². The van der Waals surface area contributed by atoms with Gasteiger partial charge in [-0.1, -0.05) is 30.3 Å². The van der Waals surface area contributed by atoms with Crippen LogP contribution in [0.15, 0.2) is 42.5 Å². The lowest BCUT2D eigenvalue weighted by Crippen LogP contribution is -2.35. The second-order valence-corrected chi connectivity index (χ2v) is 5.83. The van der Waals surface area contributed by atoms with Crippen molar-refractivity contribution < 1.29 is 19.0 Å². The monoisotopic (exact) mass is 380 g/mol. The lowest BCUT2D eigenvalue weighted by molar-refractivity contribution is 0.0978. The Kier molecular flexibility index (Phi) is 5.30. The van der Waals surface area contributed by atoms with Crippen molar-refractivity contribution in [3.05, 3.63) is 48.0 Å². The van der Waals surface area contributed by atoms with Gasteiger partial charge in [0, 0.05) is 10.9 Å². The van der Waals surface area contributed by atoms with Crippen LogP contribution in [0.25, 0.3) is 22.2 Å². The van der Waals surface area contributed by atoms with E-state index in [1.165, 1.54) is 21.3 Å². The van der Waals surface area contributed by atoms with E-state index in [0.29, 0.717) is 33.8 Å². The normalized spacial score (nSPS) is 10.4. The number of guanidine groups is 1. The quantitative estimate of drug-likeness (QED) is 0.462. The number of carbonyl (C=O) groups is 1. The Hall–Kier alpha value is -3.81. The molecule has 0 saturated heterocycles. The van der Waals surface area contributed by atoms with Gasteiger partial charge in [0.2, 0.25) is 5.75 Å². The maximum absolute atomic E-state index is 12.7. The van der Waals surface area contributed by atoms with Crippen molar-refractivity contribution in [2.24, 2.45) is 5.73 Å². The van der Waals surface area contributed by atoms with Crippen LogP contribution in [-0.2, 0) is 0 Å². The van der Waals surface area contributed by atoms with Crippen LogP contribution >= 0.6 is 0 Å². The molecule has 0 radical (unpaired) electrons. The average molecular weight is 380 g/mol. The third-order valence-corrected chi connectivity index (χ3v) is 4.17. The number of hydrogen-bond acceptors (Lipinski definition) is 6. The molecule has 3 rings (SSSR count). The average Bonchev–Trinajstić information content (AvgIpc) is 2.71. The fourth-order valence-electron chi connectivity index (χ4n) is 2.96. The number of ether oxygens (including phenoxy) is 3. The Morgan fingerprint density at radius 1 is 1.04 bits per heavy atom. The first kappa shape index (κ1) is 19.0. The highest BCUT2D eigenvalue weighted by atomic mass is 16.5. The number of fused-ring (bicyclic) bond motifs is 1. The number of amides is 1. The summed E-state index contributed by atoms with van der Waals surface area (Å²) in [7, 11) is 4.48. The summed E-state index contributed by atoms with van der Waals surface area (Å²) >= 11 is 0. The number of nitrogens with zero attached hydrogens (tertiary/aromatic N) is 1. The van der Waals surface area contributed by atoms with Crippen molar-refractivity contribution in [3.8, 4) is 28.5 Å². The van der Waals surface area contributed by atoms with E-state index in [4.69, 9.17) is 30.3 Å². The Bertz CT molecular complexity index is 1050. The number of aromatic nitrogens is 1. The number of nitrogens with two attached hydrogens (primary N) is 1. The van der Waals surface area contributed by atoms with Crippen LogP contribution in [0.3, 0.4) is 0 Å². The Morgan fingerprint density at radius 2 is 1.71 bits per heavy atom. The number of rotatable bonds is 5. The summed E-state index contributed by atoms with van der Waals surface area (Å²) in [5.74, 6) is 0.104. The van der Waals surface area contributed by atoms with Crippen LogP contribution in [0, 0.1) is 5.41 Å². The van der Waals surface area contributed by atoms with Crippen molar-refractivity contribution in [2.75, 3.05) is 21.3 Å². The van der Waals surface area contributed by atoms with E-state index >= 15 is 0 Å². The molecule has 2 aromatic carbocycles. The van der Waals surface area contributed by atoms with Crippen LogP contribution in [-0.4, -0.2) is 38.2 Å². The minimum Gasteiger partial charge on any atom is -0.493 e. The molecule has 0 fully saturated rings. The fraction of sp³-hybridized carbons (Fsp3) is 0.150. The van der Waals surface area contributed by atoms with Crippen LogP contribution in [0.4, 0.5) is 0 Å². The summed E-state index contributed by atoms with van der Waals surface area (Å²) in [4.78, 5) is 17.4. The van der Waals surface area contributed by atoms with Gasteiger partial charge in [0.15, 0.2) is 17.5 Å². The number of nitrogens with one attached hydrogen (secondary N) is 2. The summed E-state index contributed by atoms with van der Waals surface area (Å²) in [5, 5.41) is 10.2. The summed E-state index contributed by atoms with van der Waals surface area (Å²) in [6.07, 6.45) is 0. The van der Waals surface area contributed by atoms with Gasteiger partial charge in [-0.25, -0.2) is 4.98 Å². The van der Waals surface area contributed by atoms with Crippen LogP contribution < -0.4 is 25.3 Å². The van der Waals surface area contributed by atoms with E-state index < -0.39 is 11.9 Å².